The van der Waals surface area contributed by atoms with E-state index in [2.05, 4.69) is 0 Å². The lowest BCUT2D eigenvalue weighted by molar-refractivity contribution is -0.356. The molecule has 0 spiro atoms. The highest BCUT2D eigenvalue weighted by atomic mass is 19.4. The standard InChI is InChI=1S/C19H14F12N2O2/c20-16(21,22)14(34,17(23,24)25)32-12-5-1-10(2-6-12)9-11-3-7-13(8-4-11)33-15(35,18(26,27)28)19(29,30)31/h1-8,32-35H,9H2. The van der Waals surface area contributed by atoms with E-state index in [0.717, 1.165) is 59.2 Å². The summed E-state index contributed by atoms with van der Waals surface area (Å²) in [5, 5.41) is 20.2. The Hall–Kier alpha value is -2.88. The third-order valence-corrected chi connectivity index (χ3v) is 4.61. The molecule has 0 radical (unpaired) electrons. The van der Waals surface area contributed by atoms with Crippen molar-refractivity contribution in [1.82, 2.24) is 0 Å². The molecule has 196 valence electrons. The van der Waals surface area contributed by atoms with Crippen LogP contribution >= 0.6 is 0 Å². The van der Waals surface area contributed by atoms with Gasteiger partial charge in [-0.05, 0) is 41.8 Å². The molecule has 0 aromatic heterocycles. The van der Waals surface area contributed by atoms with Gasteiger partial charge in [-0.1, -0.05) is 24.3 Å². The fourth-order valence-electron chi connectivity index (χ4n) is 2.67. The molecule has 4 nitrogen and oxygen atoms in total. The molecule has 2 aromatic rings. The van der Waals surface area contributed by atoms with Crippen LogP contribution in [0, 0.1) is 0 Å². The molecule has 0 fully saturated rings. The van der Waals surface area contributed by atoms with Crippen molar-refractivity contribution in [2.45, 2.75) is 42.6 Å². The molecule has 0 atom stereocenters. The summed E-state index contributed by atoms with van der Waals surface area (Å²) in [6.07, 6.45) is -24.5. The van der Waals surface area contributed by atoms with Gasteiger partial charge in [-0.25, -0.2) is 0 Å². The van der Waals surface area contributed by atoms with E-state index in [0.29, 0.717) is 0 Å². The summed E-state index contributed by atoms with van der Waals surface area (Å²) in [6, 6.07) is 7.48. The van der Waals surface area contributed by atoms with E-state index in [-0.39, 0.29) is 17.5 Å². The molecule has 0 heterocycles. The summed E-state index contributed by atoms with van der Waals surface area (Å²) in [4.78, 5) is 0. The smallest absolute Gasteiger partial charge is 0.357 e. The van der Waals surface area contributed by atoms with Crippen LogP contribution in [0.15, 0.2) is 48.5 Å². The monoisotopic (exact) mass is 530 g/mol. The molecule has 0 bridgehead atoms. The summed E-state index contributed by atoms with van der Waals surface area (Å²) < 4.78 is 153. The lowest BCUT2D eigenvalue weighted by atomic mass is 10.0. The second-order valence-electron chi connectivity index (χ2n) is 7.23. The molecule has 0 amide bonds. The molecular formula is C19H14F12N2O2. The van der Waals surface area contributed by atoms with Crippen molar-refractivity contribution < 1.29 is 62.9 Å². The molecule has 0 aliphatic rings. The van der Waals surface area contributed by atoms with Gasteiger partial charge in [0.1, 0.15) is 0 Å². The summed E-state index contributed by atoms with van der Waals surface area (Å²) >= 11 is 0. The maximum Gasteiger partial charge on any atom is 0.446 e. The Kier molecular flexibility index (Phi) is 7.26. The molecule has 0 saturated heterocycles. The van der Waals surface area contributed by atoms with Gasteiger partial charge in [0.05, 0.1) is 0 Å². The van der Waals surface area contributed by atoms with Gasteiger partial charge < -0.3 is 20.8 Å². The Bertz CT molecular complexity index is 884. The van der Waals surface area contributed by atoms with Crippen molar-refractivity contribution in [2.24, 2.45) is 0 Å². The molecule has 0 unspecified atom stereocenters. The van der Waals surface area contributed by atoms with Crippen LogP contribution in [0.1, 0.15) is 11.1 Å². The number of benzene rings is 2. The number of rotatable bonds is 6. The number of nitrogens with one attached hydrogen (secondary N) is 2. The van der Waals surface area contributed by atoms with Crippen molar-refractivity contribution in [2.75, 3.05) is 10.6 Å². The van der Waals surface area contributed by atoms with E-state index in [1.165, 1.54) is 0 Å². The number of hydrogen-bond acceptors (Lipinski definition) is 4. The molecule has 35 heavy (non-hydrogen) atoms. The van der Waals surface area contributed by atoms with Crippen molar-refractivity contribution in [3.05, 3.63) is 59.7 Å². The van der Waals surface area contributed by atoms with E-state index < -0.39 is 47.5 Å². The van der Waals surface area contributed by atoms with Gasteiger partial charge in [-0.3, -0.25) is 0 Å². The zero-order valence-electron chi connectivity index (χ0n) is 16.8. The molecular weight excluding hydrogens is 516 g/mol. The topological polar surface area (TPSA) is 64.5 Å². The molecule has 0 aliphatic carbocycles. The predicted molar refractivity (Wildman–Crippen MR) is 97.1 cm³/mol. The highest BCUT2D eigenvalue weighted by Gasteiger charge is 2.72. The number of halogens is 12. The molecule has 4 N–H and O–H groups in total. The van der Waals surface area contributed by atoms with E-state index in [4.69, 9.17) is 10.2 Å². The summed E-state index contributed by atoms with van der Waals surface area (Å²) in [7, 11) is 0. The number of aliphatic hydroxyl groups is 2. The van der Waals surface area contributed by atoms with Crippen LogP contribution in [0.3, 0.4) is 0 Å². The van der Waals surface area contributed by atoms with Gasteiger partial charge in [0.2, 0.25) is 0 Å². The molecule has 0 aliphatic heterocycles. The highest BCUT2D eigenvalue weighted by Crippen LogP contribution is 2.44. The third-order valence-electron chi connectivity index (χ3n) is 4.61. The Morgan fingerprint density at radius 2 is 0.686 bits per heavy atom. The van der Waals surface area contributed by atoms with Crippen LogP contribution in [-0.2, 0) is 6.42 Å². The van der Waals surface area contributed by atoms with Gasteiger partial charge in [0.25, 0.3) is 0 Å². The Morgan fingerprint density at radius 1 is 0.457 bits per heavy atom. The van der Waals surface area contributed by atoms with Gasteiger partial charge in [0.15, 0.2) is 0 Å². The molecule has 2 rings (SSSR count). The first-order valence-corrected chi connectivity index (χ1v) is 9.06. The number of anilines is 2. The van der Waals surface area contributed by atoms with Crippen LogP contribution in [0.5, 0.6) is 0 Å². The van der Waals surface area contributed by atoms with Crippen LogP contribution in [0.4, 0.5) is 64.1 Å². The third kappa shape index (κ3) is 5.86. The van der Waals surface area contributed by atoms with Crippen molar-refractivity contribution in [3.63, 3.8) is 0 Å². The minimum Gasteiger partial charge on any atom is -0.357 e. The van der Waals surface area contributed by atoms with E-state index in [1.54, 1.807) is 0 Å². The van der Waals surface area contributed by atoms with E-state index in [1.807, 2.05) is 0 Å². The fraction of sp³-hybridized carbons (Fsp3) is 0.368. The maximum atomic E-state index is 12.7. The van der Waals surface area contributed by atoms with Crippen molar-refractivity contribution in [3.8, 4) is 0 Å². The minimum atomic E-state index is -6.11. The highest BCUT2D eigenvalue weighted by molar-refractivity contribution is 5.50. The van der Waals surface area contributed by atoms with Crippen LogP contribution < -0.4 is 10.6 Å². The largest absolute Gasteiger partial charge is 0.446 e. The average molecular weight is 530 g/mol. The van der Waals surface area contributed by atoms with Gasteiger partial charge in [-0.2, -0.15) is 52.7 Å². The number of hydrogen-bond donors (Lipinski definition) is 4. The normalized spacial score (nSPS) is 14.1. The van der Waals surface area contributed by atoms with Crippen LogP contribution in [0.2, 0.25) is 0 Å². The Balaban J connectivity index is 2.16. The lowest BCUT2D eigenvalue weighted by Crippen LogP contribution is -2.62. The molecule has 16 heteroatoms. The van der Waals surface area contributed by atoms with Crippen molar-refractivity contribution >= 4 is 11.4 Å². The van der Waals surface area contributed by atoms with E-state index in [9.17, 15) is 52.7 Å². The summed E-state index contributed by atoms with van der Waals surface area (Å²) in [5.74, 6) is 0. The first-order valence-electron chi connectivity index (χ1n) is 9.06. The molecule has 0 saturated carbocycles. The molecule has 2 aromatic carbocycles. The predicted octanol–water partition coefficient (Wildman–Crippen LogP) is 5.73. The van der Waals surface area contributed by atoms with Gasteiger partial charge in [-0.15, -0.1) is 0 Å². The minimum absolute atomic E-state index is 0.0772. The Labute approximate surface area is 188 Å². The number of alkyl halides is 12. The second kappa shape index (κ2) is 8.96. The quantitative estimate of drug-likeness (QED) is 0.285. The van der Waals surface area contributed by atoms with Crippen LogP contribution in [-0.4, -0.2) is 46.4 Å². The van der Waals surface area contributed by atoms with E-state index >= 15 is 0 Å². The SMILES string of the molecule is OC(Nc1ccc(Cc2ccc(NC(O)(C(F)(F)F)C(F)(F)F)cc2)cc1)(C(F)(F)F)C(F)(F)F. The van der Waals surface area contributed by atoms with Crippen molar-refractivity contribution in [1.29, 1.82) is 0 Å². The fourth-order valence-corrected chi connectivity index (χ4v) is 2.67. The summed E-state index contributed by atoms with van der Waals surface area (Å²) in [5.41, 5.74) is -11.4. The zero-order valence-corrected chi connectivity index (χ0v) is 16.8. The average Bonchev–Trinajstić information content (AvgIpc) is 2.67. The Morgan fingerprint density at radius 3 is 0.886 bits per heavy atom. The summed E-state index contributed by atoms with van der Waals surface area (Å²) in [6.45, 7) is 0. The van der Waals surface area contributed by atoms with Crippen LogP contribution in [0.25, 0.3) is 0 Å². The first-order chi connectivity index (χ1) is 15.6. The second-order valence-corrected chi connectivity index (χ2v) is 7.23. The lowest BCUT2D eigenvalue weighted by Gasteiger charge is -2.33. The van der Waals surface area contributed by atoms with Gasteiger partial charge >= 0.3 is 36.2 Å². The van der Waals surface area contributed by atoms with Gasteiger partial charge in [0, 0.05) is 11.4 Å². The maximum absolute atomic E-state index is 12.7. The zero-order chi connectivity index (χ0) is 27.1. The first kappa shape index (κ1) is 28.4.